The highest BCUT2D eigenvalue weighted by molar-refractivity contribution is 6.05. The molecule has 8 nitrogen and oxygen atoms in total. The Labute approximate surface area is 150 Å². The monoisotopic (exact) mass is 352 g/mol. The lowest BCUT2D eigenvalue weighted by atomic mass is 10.2. The smallest absolute Gasteiger partial charge is 0.317 e. The molecule has 3 rings (SSSR count). The van der Waals surface area contributed by atoms with Gasteiger partial charge in [0.1, 0.15) is 5.82 Å². The van der Waals surface area contributed by atoms with Gasteiger partial charge in [0.15, 0.2) is 0 Å². The van der Waals surface area contributed by atoms with Gasteiger partial charge < -0.3 is 20.5 Å². The molecule has 2 aromatic heterocycles. The lowest BCUT2D eigenvalue weighted by Crippen LogP contribution is -2.34. The largest absolute Gasteiger partial charge is 0.342 e. The first kappa shape index (κ1) is 17.4. The number of H-pyrrole nitrogens is 1. The van der Waals surface area contributed by atoms with Crippen LogP contribution in [0.25, 0.3) is 11.0 Å². The van der Waals surface area contributed by atoms with Crippen LogP contribution in [-0.2, 0) is 6.54 Å². The molecule has 26 heavy (non-hydrogen) atoms. The van der Waals surface area contributed by atoms with Gasteiger partial charge in [0.2, 0.25) is 0 Å². The van der Waals surface area contributed by atoms with Gasteiger partial charge in [0.05, 0.1) is 23.3 Å². The SMILES string of the molecule is Cc1nc2ccc(NC(=O)c3ccnc(CNC(=O)N(C)C)c3)cc2[nH]1. The maximum Gasteiger partial charge on any atom is 0.317 e. The van der Waals surface area contributed by atoms with Crippen molar-refractivity contribution in [3.8, 4) is 0 Å². The number of nitrogens with zero attached hydrogens (tertiary/aromatic N) is 3. The molecule has 0 aliphatic carbocycles. The Morgan fingerprint density at radius 1 is 1.19 bits per heavy atom. The molecule has 3 N–H and O–H groups in total. The van der Waals surface area contributed by atoms with Gasteiger partial charge in [0, 0.05) is 31.5 Å². The topological polar surface area (TPSA) is 103 Å². The number of imidazole rings is 1. The first-order chi connectivity index (χ1) is 12.4. The average molecular weight is 352 g/mol. The summed E-state index contributed by atoms with van der Waals surface area (Å²) in [6, 6.07) is 8.57. The van der Waals surface area contributed by atoms with E-state index >= 15 is 0 Å². The molecule has 0 aliphatic rings. The molecule has 3 aromatic rings. The summed E-state index contributed by atoms with van der Waals surface area (Å²) in [5.74, 6) is 0.574. The Kier molecular flexibility index (Phi) is 4.83. The summed E-state index contributed by atoms with van der Waals surface area (Å²) in [6.45, 7) is 2.13. The number of aryl methyl sites for hydroxylation is 1. The van der Waals surface area contributed by atoms with Crippen molar-refractivity contribution in [1.82, 2.24) is 25.2 Å². The molecular weight excluding hydrogens is 332 g/mol. The summed E-state index contributed by atoms with van der Waals surface area (Å²) in [5.41, 5.74) is 3.46. The van der Waals surface area contributed by atoms with Gasteiger partial charge in [0.25, 0.3) is 5.91 Å². The molecule has 8 heteroatoms. The number of fused-ring (bicyclic) bond motifs is 1. The van der Waals surface area contributed by atoms with Crippen molar-refractivity contribution >= 4 is 28.7 Å². The molecule has 0 spiro atoms. The van der Waals surface area contributed by atoms with E-state index in [2.05, 4.69) is 25.6 Å². The van der Waals surface area contributed by atoms with E-state index in [1.807, 2.05) is 19.1 Å². The maximum absolute atomic E-state index is 12.5. The fourth-order valence-corrected chi connectivity index (χ4v) is 2.46. The van der Waals surface area contributed by atoms with E-state index in [9.17, 15) is 9.59 Å². The number of aromatic amines is 1. The number of anilines is 1. The van der Waals surface area contributed by atoms with Gasteiger partial charge in [-0.25, -0.2) is 9.78 Å². The number of carbonyl (C=O) groups is 2. The maximum atomic E-state index is 12.5. The number of hydrogen-bond donors (Lipinski definition) is 3. The summed E-state index contributed by atoms with van der Waals surface area (Å²) < 4.78 is 0. The molecule has 2 heterocycles. The van der Waals surface area contributed by atoms with Crippen molar-refractivity contribution in [2.24, 2.45) is 0 Å². The number of rotatable bonds is 4. The van der Waals surface area contributed by atoms with E-state index < -0.39 is 0 Å². The third-order valence-electron chi connectivity index (χ3n) is 3.76. The van der Waals surface area contributed by atoms with Crippen LogP contribution in [0.4, 0.5) is 10.5 Å². The average Bonchev–Trinajstić information content (AvgIpc) is 2.99. The van der Waals surface area contributed by atoms with Gasteiger partial charge in [-0.1, -0.05) is 0 Å². The molecular formula is C18H20N6O2. The zero-order valence-corrected chi connectivity index (χ0v) is 14.8. The standard InChI is InChI=1S/C18H20N6O2/c1-11-21-15-5-4-13(9-16(15)22-11)23-17(25)12-6-7-19-14(8-12)10-20-18(26)24(2)3/h4-9H,10H2,1-3H3,(H,20,26)(H,21,22)(H,23,25). The Bertz CT molecular complexity index is 963. The van der Waals surface area contributed by atoms with E-state index in [-0.39, 0.29) is 18.5 Å². The first-order valence-electron chi connectivity index (χ1n) is 8.10. The van der Waals surface area contributed by atoms with E-state index in [0.717, 1.165) is 16.9 Å². The van der Waals surface area contributed by atoms with Crippen molar-refractivity contribution < 1.29 is 9.59 Å². The fourth-order valence-electron chi connectivity index (χ4n) is 2.46. The summed E-state index contributed by atoms with van der Waals surface area (Å²) in [7, 11) is 3.31. The van der Waals surface area contributed by atoms with E-state index in [0.29, 0.717) is 16.9 Å². The quantitative estimate of drug-likeness (QED) is 0.670. The molecule has 0 saturated carbocycles. The van der Waals surface area contributed by atoms with Gasteiger partial charge in [-0.15, -0.1) is 0 Å². The number of nitrogens with one attached hydrogen (secondary N) is 3. The first-order valence-corrected chi connectivity index (χ1v) is 8.10. The Balaban J connectivity index is 1.70. The minimum absolute atomic E-state index is 0.218. The summed E-state index contributed by atoms with van der Waals surface area (Å²) in [6.07, 6.45) is 1.55. The van der Waals surface area contributed by atoms with Crippen molar-refractivity contribution in [3.05, 3.63) is 53.6 Å². The minimum Gasteiger partial charge on any atom is -0.342 e. The summed E-state index contributed by atoms with van der Waals surface area (Å²) in [4.78, 5) is 37.2. The van der Waals surface area contributed by atoms with Crippen molar-refractivity contribution in [3.63, 3.8) is 0 Å². The van der Waals surface area contributed by atoms with Crippen molar-refractivity contribution in [1.29, 1.82) is 0 Å². The zero-order chi connectivity index (χ0) is 18.7. The molecule has 0 radical (unpaired) electrons. The molecule has 0 saturated heterocycles. The molecule has 0 fully saturated rings. The third kappa shape index (κ3) is 3.97. The van der Waals surface area contributed by atoms with E-state index in [1.165, 1.54) is 4.90 Å². The van der Waals surface area contributed by atoms with Gasteiger partial charge in [-0.2, -0.15) is 0 Å². The van der Waals surface area contributed by atoms with E-state index in [1.54, 1.807) is 38.5 Å². The van der Waals surface area contributed by atoms with Crippen LogP contribution >= 0.6 is 0 Å². The molecule has 0 unspecified atom stereocenters. The molecule has 134 valence electrons. The fraction of sp³-hybridized carbons (Fsp3) is 0.222. The van der Waals surface area contributed by atoms with Crippen LogP contribution in [0.5, 0.6) is 0 Å². The van der Waals surface area contributed by atoms with Gasteiger partial charge in [-0.3, -0.25) is 9.78 Å². The summed E-state index contributed by atoms with van der Waals surface area (Å²) in [5, 5.41) is 5.58. The van der Waals surface area contributed by atoms with Gasteiger partial charge in [-0.05, 0) is 37.3 Å². The normalized spacial score (nSPS) is 10.6. The summed E-state index contributed by atoms with van der Waals surface area (Å²) >= 11 is 0. The van der Waals surface area contributed by atoms with Crippen LogP contribution in [0.1, 0.15) is 21.9 Å². The predicted molar refractivity (Wildman–Crippen MR) is 98.9 cm³/mol. The van der Waals surface area contributed by atoms with Crippen LogP contribution in [0.3, 0.4) is 0 Å². The van der Waals surface area contributed by atoms with Crippen LogP contribution in [0, 0.1) is 6.92 Å². The number of amides is 3. The van der Waals surface area contributed by atoms with Crippen LogP contribution in [-0.4, -0.2) is 45.9 Å². The number of pyridine rings is 1. The van der Waals surface area contributed by atoms with Crippen molar-refractivity contribution in [2.75, 3.05) is 19.4 Å². The molecule has 0 aliphatic heterocycles. The molecule has 1 aromatic carbocycles. The molecule has 0 atom stereocenters. The van der Waals surface area contributed by atoms with Crippen LogP contribution in [0.15, 0.2) is 36.5 Å². The van der Waals surface area contributed by atoms with Crippen LogP contribution < -0.4 is 10.6 Å². The Morgan fingerprint density at radius 2 is 2.00 bits per heavy atom. The second-order valence-corrected chi connectivity index (χ2v) is 6.10. The molecule has 3 amide bonds. The zero-order valence-electron chi connectivity index (χ0n) is 14.8. The number of benzene rings is 1. The highest BCUT2D eigenvalue weighted by atomic mass is 16.2. The highest BCUT2D eigenvalue weighted by Gasteiger charge is 2.10. The highest BCUT2D eigenvalue weighted by Crippen LogP contribution is 2.18. The van der Waals surface area contributed by atoms with Crippen molar-refractivity contribution in [2.45, 2.75) is 13.5 Å². The second kappa shape index (κ2) is 7.22. The van der Waals surface area contributed by atoms with Crippen LogP contribution in [0.2, 0.25) is 0 Å². The minimum atomic E-state index is -0.247. The lowest BCUT2D eigenvalue weighted by Gasteiger charge is -2.12. The number of carbonyl (C=O) groups excluding carboxylic acids is 2. The number of aromatic nitrogens is 3. The Hall–Kier alpha value is -3.42. The third-order valence-corrected chi connectivity index (χ3v) is 3.76. The number of hydrogen-bond acceptors (Lipinski definition) is 4. The second-order valence-electron chi connectivity index (χ2n) is 6.10. The lowest BCUT2D eigenvalue weighted by molar-refractivity contribution is 0.102. The predicted octanol–water partition coefficient (Wildman–Crippen LogP) is 2.29. The number of urea groups is 1. The van der Waals surface area contributed by atoms with Gasteiger partial charge >= 0.3 is 6.03 Å². The molecule has 0 bridgehead atoms. The Morgan fingerprint density at radius 3 is 2.77 bits per heavy atom. The van der Waals surface area contributed by atoms with E-state index in [4.69, 9.17) is 0 Å².